The van der Waals surface area contributed by atoms with Gasteiger partial charge >= 0.3 is 0 Å². The number of aromatic nitrogens is 1. The van der Waals surface area contributed by atoms with Gasteiger partial charge in [-0.25, -0.2) is 4.39 Å². The third-order valence-corrected chi connectivity index (χ3v) is 3.63. The molecule has 22 heavy (non-hydrogen) atoms. The van der Waals surface area contributed by atoms with Crippen molar-refractivity contribution in [1.82, 2.24) is 4.98 Å². The molecule has 5 heteroatoms. The largest absolute Gasteiger partial charge is 0.455 e. The maximum Gasteiger partial charge on any atom is 0.158 e. The van der Waals surface area contributed by atoms with Gasteiger partial charge in [0, 0.05) is 23.5 Å². The first-order valence-electron chi connectivity index (χ1n) is 6.97. The lowest BCUT2D eigenvalue weighted by Gasteiger charge is -2.01. The SMILES string of the molecule is Fc1ccc(-c2ccc(C[NH2+]Cc3ccncc3)o2)cc1Cl. The number of hydrogen-bond acceptors (Lipinski definition) is 2. The van der Waals surface area contributed by atoms with Crippen LogP contribution in [0.15, 0.2) is 59.3 Å². The minimum atomic E-state index is -0.428. The van der Waals surface area contributed by atoms with E-state index in [2.05, 4.69) is 10.3 Å². The average Bonchev–Trinajstić information content (AvgIpc) is 3.00. The Balaban J connectivity index is 1.62. The van der Waals surface area contributed by atoms with E-state index in [9.17, 15) is 4.39 Å². The maximum absolute atomic E-state index is 13.2. The van der Waals surface area contributed by atoms with Crippen molar-refractivity contribution in [2.45, 2.75) is 13.1 Å². The molecule has 0 atom stereocenters. The maximum atomic E-state index is 13.2. The van der Waals surface area contributed by atoms with Crippen molar-refractivity contribution >= 4 is 11.6 Å². The second-order valence-corrected chi connectivity index (χ2v) is 5.35. The predicted octanol–water partition coefficient (Wildman–Crippen LogP) is 3.40. The summed E-state index contributed by atoms with van der Waals surface area (Å²) in [6.45, 7) is 1.60. The molecule has 0 aliphatic rings. The molecule has 112 valence electrons. The number of pyridine rings is 1. The van der Waals surface area contributed by atoms with Crippen LogP contribution in [0.25, 0.3) is 11.3 Å². The molecule has 0 amide bonds. The molecule has 1 aromatic carbocycles. The molecular formula is C17H15ClFN2O+. The fourth-order valence-electron chi connectivity index (χ4n) is 2.19. The minimum absolute atomic E-state index is 0.0969. The Labute approximate surface area is 132 Å². The van der Waals surface area contributed by atoms with Crippen LogP contribution in [-0.2, 0) is 13.1 Å². The lowest BCUT2D eigenvalue weighted by atomic mass is 10.2. The number of hydrogen-bond donors (Lipinski definition) is 1. The van der Waals surface area contributed by atoms with Gasteiger partial charge in [0.15, 0.2) is 5.76 Å². The van der Waals surface area contributed by atoms with Gasteiger partial charge in [-0.3, -0.25) is 4.98 Å². The first kappa shape index (κ1) is 14.8. The van der Waals surface area contributed by atoms with Crippen molar-refractivity contribution in [3.05, 3.63) is 77.0 Å². The Hall–Kier alpha value is -2.17. The van der Waals surface area contributed by atoms with Gasteiger partial charge in [0.2, 0.25) is 0 Å². The van der Waals surface area contributed by atoms with Crippen LogP contribution in [0, 0.1) is 5.82 Å². The van der Waals surface area contributed by atoms with E-state index in [4.69, 9.17) is 16.0 Å². The second-order valence-electron chi connectivity index (χ2n) is 4.95. The van der Waals surface area contributed by atoms with E-state index in [0.29, 0.717) is 5.76 Å². The monoisotopic (exact) mass is 317 g/mol. The van der Waals surface area contributed by atoms with Gasteiger partial charge in [-0.15, -0.1) is 0 Å². The van der Waals surface area contributed by atoms with Crippen molar-refractivity contribution in [2.75, 3.05) is 0 Å². The molecule has 0 bridgehead atoms. The fourth-order valence-corrected chi connectivity index (χ4v) is 2.37. The first-order valence-corrected chi connectivity index (χ1v) is 7.35. The smallest absolute Gasteiger partial charge is 0.158 e. The number of nitrogens with zero attached hydrogens (tertiary/aromatic N) is 1. The van der Waals surface area contributed by atoms with Crippen LogP contribution in [0.5, 0.6) is 0 Å². The number of rotatable bonds is 5. The molecule has 0 spiro atoms. The predicted molar refractivity (Wildman–Crippen MR) is 82.7 cm³/mol. The summed E-state index contributed by atoms with van der Waals surface area (Å²) in [7, 11) is 0. The summed E-state index contributed by atoms with van der Waals surface area (Å²) >= 11 is 5.79. The van der Waals surface area contributed by atoms with Gasteiger partial charge < -0.3 is 9.73 Å². The second kappa shape index (κ2) is 6.73. The molecule has 0 aliphatic carbocycles. The van der Waals surface area contributed by atoms with Crippen molar-refractivity contribution in [3.8, 4) is 11.3 Å². The van der Waals surface area contributed by atoms with Crippen LogP contribution >= 0.6 is 11.6 Å². The Kier molecular flexibility index (Phi) is 4.51. The van der Waals surface area contributed by atoms with Gasteiger partial charge in [0.05, 0.1) is 5.02 Å². The number of halogens is 2. The van der Waals surface area contributed by atoms with Crippen LogP contribution in [-0.4, -0.2) is 4.98 Å². The number of nitrogens with two attached hydrogens (primary N) is 1. The number of quaternary nitrogens is 1. The molecule has 0 saturated carbocycles. The van der Waals surface area contributed by atoms with Gasteiger partial charge in [0.1, 0.15) is 24.7 Å². The quantitative estimate of drug-likeness (QED) is 0.783. The molecule has 0 radical (unpaired) electrons. The summed E-state index contributed by atoms with van der Waals surface area (Å²) in [6, 6.07) is 12.4. The van der Waals surface area contributed by atoms with Crippen molar-refractivity contribution < 1.29 is 14.1 Å². The van der Waals surface area contributed by atoms with E-state index in [-0.39, 0.29) is 5.02 Å². The van der Waals surface area contributed by atoms with Crippen LogP contribution in [0.1, 0.15) is 11.3 Å². The molecule has 2 heterocycles. The van der Waals surface area contributed by atoms with E-state index in [0.717, 1.165) is 24.4 Å². The molecule has 0 saturated heterocycles. The lowest BCUT2D eigenvalue weighted by molar-refractivity contribution is -0.687. The summed E-state index contributed by atoms with van der Waals surface area (Å²) in [5.41, 5.74) is 1.99. The van der Waals surface area contributed by atoms with Crippen LogP contribution in [0.4, 0.5) is 4.39 Å². The molecule has 2 aromatic heterocycles. The zero-order valence-corrected chi connectivity index (χ0v) is 12.6. The highest BCUT2D eigenvalue weighted by Crippen LogP contribution is 2.26. The van der Waals surface area contributed by atoms with Gasteiger partial charge in [-0.2, -0.15) is 0 Å². The molecule has 0 fully saturated rings. The van der Waals surface area contributed by atoms with E-state index < -0.39 is 5.82 Å². The summed E-state index contributed by atoms with van der Waals surface area (Å²) in [5.74, 6) is 1.13. The lowest BCUT2D eigenvalue weighted by Crippen LogP contribution is -2.80. The highest BCUT2D eigenvalue weighted by molar-refractivity contribution is 6.31. The van der Waals surface area contributed by atoms with Crippen LogP contribution < -0.4 is 5.32 Å². The van der Waals surface area contributed by atoms with E-state index >= 15 is 0 Å². The zero-order valence-electron chi connectivity index (χ0n) is 11.8. The Bertz CT molecular complexity index is 758. The minimum Gasteiger partial charge on any atom is -0.455 e. The highest BCUT2D eigenvalue weighted by Gasteiger charge is 2.08. The van der Waals surface area contributed by atoms with Crippen LogP contribution in [0.3, 0.4) is 0 Å². The molecule has 3 aromatic rings. The first-order chi connectivity index (χ1) is 10.7. The molecular weight excluding hydrogens is 303 g/mol. The Morgan fingerprint density at radius 1 is 1.05 bits per heavy atom. The van der Waals surface area contributed by atoms with Crippen molar-refractivity contribution in [1.29, 1.82) is 0 Å². The number of furan rings is 1. The topological polar surface area (TPSA) is 42.6 Å². The Morgan fingerprint density at radius 2 is 1.86 bits per heavy atom. The van der Waals surface area contributed by atoms with Gasteiger partial charge in [-0.05, 0) is 42.5 Å². The highest BCUT2D eigenvalue weighted by atomic mass is 35.5. The summed E-state index contributed by atoms with van der Waals surface area (Å²) in [6.07, 6.45) is 3.57. The normalized spacial score (nSPS) is 10.8. The standard InChI is InChI=1S/C17H14ClFN2O/c18-15-9-13(1-3-16(15)19)17-4-2-14(22-17)11-21-10-12-5-7-20-8-6-12/h1-9,21H,10-11H2/p+1. The fraction of sp³-hybridized carbons (Fsp3) is 0.118. The molecule has 0 unspecified atom stereocenters. The summed E-state index contributed by atoms with van der Waals surface area (Å²) in [5, 5.41) is 2.25. The van der Waals surface area contributed by atoms with E-state index in [1.807, 2.05) is 24.3 Å². The molecule has 2 N–H and O–H groups in total. The zero-order chi connectivity index (χ0) is 15.4. The van der Waals surface area contributed by atoms with Gasteiger partial charge in [0.25, 0.3) is 0 Å². The van der Waals surface area contributed by atoms with Crippen molar-refractivity contribution in [3.63, 3.8) is 0 Å². The van der Waals surface area contributed by atoms with E-state index in [1.54, 1.807) is 24.5 Å². The summed E-state index contributed by atoms with van der Waals surface area (Å²) < 4.78 is 19.0. The molecule has 3 rings (SSSR count). The molecule has 0 aliphatic heterocycles. The van der Waals surface area contributed by atoms with Gasteiger partial charge in [-0.1, -0.05) is 11.6 Å². The molecule has 3 nitrogen and oxygen atoms in total. The average molecular weight is 318 g/mol. The van der Waals surface area contributed by atoms with E-state index in [1.165, 1.54) is 11.6 Å². The third-order valence-electron chi connectivity index (χ3n) is 3.34. The Morgan fingerprint density at radius 3 is 2.64 bits per heavy atom. The summed E-state index contributed by atoms with van der Waals surface area (Å²) in [4.78, 5) is 3.99. The van der Waals surface area contributed by atoms with Crippen molar-refractivity contribution in [2.24, 2.45) is 0 Å². The third kappa shape index (κ3) is 3.53. The van der Waals surface area contributed by atoms with Crippen LogP contribution in [0.2, 0.25) is 5.02 Å². The number of benzene rings is 1.